The summed E-state index contributed by atoms with van der Waals surface area (Å²) in [6.07, 6.45) is 0. The average molecular weight is 258 g/mol. The van der Waals surface area contributed by atoms with Crippen molar-refractivity contribution in [3.05, 3.63) is 65.5 Å². The fourth-order valence-electron chi connectivity index (χ4n) is 2.30. The van der Waals surface area contributed by atoms with Gasteiger partial charge in [0.2, 0.25) is 0 Å². The van der Waals surface area contributed by atoms with E-state index in [9.17, 15) is 4.39 Å². The largest absolute Gasteiger partial charge is 0.388 e. The van der Waals surface area contributed by atoms with Crippen LogP contribution in [-0.4, -0.2) is 26.0 Å². The Balaban J connectivity index is 2.39. The molecule has 0 amide bonds. The maximum Gasteiger partial charge on any atom is 0.123 e. The van der Waals surface area contributed by atoms with Gasteiger partial charge in [0.1, 0.15) is 5.82 Å². The van der Waals surface area contributed by atoms with Crippen LogP contribution in [0, 0.1) is 5.82 Å². The molecular weight excluding hydrogens is 239 g/mol. The van der Waals surface area contributed by atoms with Crippen molar-refractivity contribution in [2.45, 2.75) is 6.04 Å². The number of nitrogens with one attached hydrogen (secondary N) is 1. The van der Waals surface area contributed by atoms with Gasteiger partial charge in [0.15, 0.2) is 0 Å². The summed E-state index contributed by atoms with van der Waals surface area (Å²) < 4.78 is 13.4. The number of halogens is 1. The first-order chi connectivity index (χ1) is 9.11. The number of hydrogen-bond donors (Lipinski definition) is 1. The zero-order valence-electron chi connectivity index (χ0n) is 11.5. The molecule has 1 unspecified atom stereocenters. The molecule has 0 radical (unpaired) electrons. The van der Waals surface area contributed by atoms with Gasteiger partial charge in [-0.2, -0.15) is 0 Å². The molecule has 0 aromatic heterocycles. The molecule has 0 fully saturated rings. The van der Waals surface area contributed by atoms with Gasteiger partial charge < -0.3 is 5.32 Å². The van der Waals surface area contributed by atoms with E-state index < -0.39 is 0 Å². The van der Waals surface area contributed by atoms with Crippen molar-refractivity contribution in [1.82, 2.24) is 4.90 Å². The van der Waals surface area contributed by atoms with E-state index >= 15 is 0 Å². The Labute approximate surface area is 113 Å². The molecule has 0 saturated heterocycles. The molecule has 0 bridgehead atoms. The molecule has 0 aliphatic carbocycles. The highest BCUT2D eigenvalue weighted by atomic mass is 19.1. The smallest absolute Gasteiger partial charge is 0.123 e. The SMILES string of the molecule is CNc1ccc(C(c2cccc(F)c2)N(C)C)cc1. The van der Waals surface area contributed by atoms with Crippen molar-refractivity contribution in [2.24, 2.45) is 0 Å². The van der Waals surface area contributed by atoms with Gasteiger partial charge in [-0.05, 0) is 49.5 Å². The van der Waals surface area contributed by atoms with Gasteiger partial charge in [0, 0.05) is 12.7 Å². The number of hydrogen-bond acceptors (Lipinski definition) is 2. The van der Waals surface area contributed by atoms with Gasteiger partial charge in [-0.3, -0.25) is 4.90 Å². The van der Waals surface area contributed by atoms with E-state index in [0.717, 1.165) is 16.8 Å². The average Bonchev–Trinajstić information content (AvgIpc) is 2.39. The standard InChI is InChI=1S/C16H19FN2/c1-18-15-9-7-12(8-10-15)16(19(2)3)13-5-4-6-14(17)11-13/h4-11,16,18H,1-3H3. The Hall–Kier alpha value is -1.87. The highest BCUT2D eigenvalue weighted by molar-refractivity contribution is 5.46. The molecule has 19 heavy (non-hydrogen) atoms. The molecule has 0 aliphatic heterocycles. The van der Waals surface area contributed by atoms with Crippen molar-refractivity contribution >= 4 is 5.69 Å². The molecule has 3 heteroatoms. The zero-order valence-corrected chi connectivity index (χ0v) is 11.5. The Kier molecular flexibility index (Phi) is 4.17. The molecule has 0 saturated carbocycles. The van der Waals surface area contributed by atoms with Crippen LogP contribution >= 0.6 is 0 Å². The second kappa shape index (κ2) is 5.85. The van der Waals surface area contributed by atoms with Crippen LogP contribution in [0.5, 0.6) is 0 Å². The summed E-state index contributed by atoms with van der Waals surface area (Å²) in [6, 6.07) is 15.0. The van der Waals surface area contributed by atoms with Gasteiger partial charge in [-0.15, -0.1) is 0 Å². The first-order valence-electron chi connectivity index (χ1n) is 6.31. The van der Waals surface area contributed by atoms with Crippen LogP contribution in [0.25, 0.3) is 0 Å². The van der Waals surface area contributed by atoms with Crippen LogP contribution in [0.1, 0.15) is 17.2 Å². The first-order valence-corrected chi connectivity index (χ1v) is 6.31. The number of nitrogens with zero attached hydrogens (tertiary/aromatic N) is 1. The molecule has 2 aromatic rings. The van der Waals surface area contributed by atoms with E-state index in [1.54, 1.807) is 12.1 Å². The quantitative estimate of drug-likeness (QED) is 0.902. The summed E-state index contributed by atoms with van der Waals surface area (Å²) in [5.74, 6) is -0.198. The van der Waals surface area contributed by atoms with E-state index in [4.69, 9.17) is 0 Å². The van der Waals surface area contributed by atoms with Gasteiger partial charge in [-0.25, -0.2) is 4.39 Å². The summed E-state index contributed by atoms with van der Waals surface area (Å²) in [5.41, 5.74) is 3.18. The summed E-state index contributed by atoms with van der Waals surface area (Å²) in [6.45, 7) is 0. The molecule has 2 aromatic carbocycles. The lowest BCUT2D eigenvalue weighted by atomic mass is 9.97. The van der Waals surface area contributed by atoms with Crippen LogP contribution in [0.15, 0.2) is 48.5 Å². The molecule has 0 aliphatic rings. The monoisotopic (exact) mass is 258 g/mol. The molecule has 2 nitrogen and oxygen atoms in total. The second-order valence-electron chi connectivity index (χ2n) is 4.79. The minimum Gasteiger partial charge on any atom is -0.388 e. The molecule has 100 valence electrons. The Morgan fingerprint density at radius 3 is 2.21 bits per heavy atom. The zero-order chi connectivity index (χ0) is 13.8. The highest BCUT2D eigenvalue weighted by Gasteiger charge is 2.16. The molecule has 2 rings (SSSR count). The topological polar surface area (TPSA) is 15.3 Å². The van der Waals surface area contributed by atoms with Crippen LogP contribution in [0.4, 0.5) is 10.1 Å². The Morgan fingerprint density at radius 2 is 1.68 bits per heavy atom. The predicted octanol–water partition coefficient (Wildman–Crippen LogP) is 3.52. The van der Waals surface area contributed by atoms with E-state index in [0.29, 0.717) is 0 Å². The van der Waals surface area contributed by atoms with Crippen molar-refractivity contribution in [1.29, 1.82) is 0 Å². The van der Waals surface area contributed by atoms with Crippen molar-refractivity contribution in [2.75, 3.05) is 26.5 Å². The van der Waals surface area contributed by atoms with Crippen LogP contribution in [0.2, 0.25) is 0 Å². The third kappa shape index (κ3) is 3.12. The van der Waals surface area contributed by atoms with Crippen molar-refractivity contribution in [3.63, 3.8) is 0 Å². The molecule has 0 spiro atoms. The maximum atomic E-state index is 13.4. The summed E-state index contributed by atoms with van der Waals surface area (Å²) in [5, 5.41) is 3.10. The Morgan fingerprint density at radius 1 is 1.00 bits per heavy atom. The lowest BCUT2D eigenvalue weighted by Crippen LogP contribution is -2.21. The van der Waals surface area contributed by atoms with Gasteiger partial charge >= 0.3 is 0 Å². The van der Waals surface area contributed by atoms with E-state index in [2.05, 4.69) is 22.3 Å². The fraction of sp³-hybridized carbons (Fsp3) is 0.250. The van der Waals surface area contributed by atoms with E-state index in [-0.39, 0.29) is 11.9 Å². The van der Waals surface area contributed by atoms with Crippen molar-refractivity contribution < 1.29 is 4.39 Å². The molecular formula is C16H19FN2. The number of anilines is 1. The lowest BCUT2D eigenvalue weighted by molar-refractivity contribution is 0.341. The van der Waals surface area contributed by atoms with Crippen LogP contribution < -0.4 is 5.32 Å². The minimum absolute atomic E-state index is 0.0570. The summed E-state index contributed by atoms with van der Waals surface area (Å²) in [7, 11) is 5.90. The molecule has 1 atom stereocenters. The lowest BCUT2D eigenvalue weighted by Gasteiger charge is -2.25. The number of rotatable bonds is 4. The first kappa shape index (κ1) is 13.6. The minimum atomic E-state index is -0.198. The fourth-order valence-corrected chi connectivity index (χ4v) is 2.30. The van der Waals surface area contributed by atoms with Crippen LogP contribution in [0.3, 0.4) is 0 Å². The third-order valence-electron chi connectivity index (χ3n) is 3.20. The maximum absolute atomic E-state index is 13.4. The summed E-state index contributed by atoms with van der Waals surface area (Å²) in [4.78, 5) is 2.09. The van der Waals surface area contributed by atoms with Gasteiger partial charge in [-0.1, -0.05) is 24.3 Å². The van der Waals surface area contributed by atoms with Gasteiger partial charge in [0.25, 0.3) is 0 Å². The predicted molar refractivity (Wildman–Crippen MR) is 77.9 cm³/mol. The van der Waals surface area contributed by atoms with Gasteiger partial charge in [0.05, 0.1) is 6.04 Å². The normalized spacial score (nSPS) is 12.5. The van der Waals surface area contributed by atoms with E-state index in [1.165, 1.54) is 6.07 Å². The summed E-state index contributed by atoms with van der Waals surface area (Å²) >= 11 is 0. The third-order valence-corrected chi connectivity index (χ3v) is 3.20. The Bertz CT molecular complexity index is 535. The highest BCUT2D eigenvalue weighted by Crippen LogP contribution is 2.27. The molecule has 1 N–H and O–H groups in total. The number of benzene rings is 2. The molecule has 0 heterocycles. The second-order valence-corrected chi connectivity index (χ2v) is 4.79. The van der Waals surface area contributed by atoms with Crippen molar-refractivity contribution in [3.8, 4) is 0 Å². The van der Waals surface area contributed by atoms with E-state index in [1.807, 2.05) is 39.3 Å². The van der Waals surface area contributed by atoms with Crippen LogP contribution in [-0.2, 0) is 0 Å².